The SMILES string of the molecule is Cc1ccc(C(=O)N(C=O)C(C)CCC(=O)NC=O)c(C)c1. The fourth-order valence-corrected chi connectivity index (χ4v) is 2.16. The first kappa shape index (κ1) is 17.6. The third-order valence-corrected chi connectivity index (χ3v) is 3.44. The van der Waals surface area contributed by atoms with Gasteiger partial charge in [-0.3, -0.25) is 29.4 Å². The van der Waals surface area contributed by atoms with Crippen LogP contribution in [0.2, 0.25) is 0 Å². The van der Waals surface area contributed by atoms with Gasteiger partial charge in [-0.25, -0.2) is 0 Å². The van der Waals surface area contributed by atoms with Gasteiger partial charge in [0.05, 0.1) is 0 Å². The van der Waals surface area contributed by atoms with Crippen LogP contribution in [-0.4, -0.2) is 35.6 Å². The molecule has 0 aliphatic heterocycles. The van der Waals surface area contributed by atoms with Crippen LogP contribution in [0.25, 0.3) is 0 Å². The van der Waals surface area contributed by atoms with E-state index in [0.29, 0.717) is 18.4 Å². The molecule has 1 aromatic rings. The highest BCUT2D eigenvalue weighted by Gasteiger charge is 2.22. The summed E-state index contributed by atoms with van der Waals surface area (Å²) in [6, 6.07) is 4.93. The van der Waals surface area contributed by atoms with Crippen molar-refractivity contribution in [3.63, 3.8) is 0 Å². The lowest BCUT2D eigenvalue weighted by Crippen LogP contribution is -2.38. The minimum Gasteiger partial charge on any atom is -0.299 e. The molecule has 0 aromatic heterocycles. The number of hydrogen-bond donors (Lipinski definition) is 1. The van der Waals surface area contributed by atoms with Gasteiger partial charge in [0.2, 0.25) is 18.7 Å². The Kier molecular flexibility index (Phi) is 6.44. The highest BCUT2D eigenvalue weighted by atomic mass is 16.2. The number of amides is 4. The van der Waals surface area contributed by atoms with E-state index >= 15 is 0 Å². The molecule has 0 aliphatic rings. The summed E-state index contributed by atoms with van der Waals surface area (Å²) in [6.45, 7) is 5.42. The average Bonchev–Trinajstić information content (AvgIpc) is 2.46. The summed E-state index contributed by atoms with van der Waals surface area (Å²) in [7, 11) is 0. The van der Waals surface area contributed by atoms with Gasteiger partial charge >= 0.3 is 0 Å². The van der Waals surface area contributed by atoms with Gasteiger partial charge in [-0.15, -0.1) is 0 Å². The van der Waals surface area contributed by atoms with Gasteiger partial charge in [0.25, 0.3) is 5.91 Å². The van der Waals surface area contributed by atoms with Gasteiger partial charge in [-0.1, -0.05) is 17.7 Å². The summed E-state index contributed by atoms with van der Waals surface area (Å²) in [4.78, 5) is 46.2. The summed E-state index contributed by atoms with van der Waals surface area (Å²) in [5.74, 6) is -0.831. The zero-order chi connectivity index (χ0) is 16.7. The van der Waals surface area contributed by atoms with E-state index in [2.05, 4.69) is 0 Å². The van der Waals surface area contributed by atoms with Crippen molar-refractivity contribution in [1.82, 2.24) is 10.2 Å². The van der Waals surface area contributed by atoms with Gasteiger partial charge in [0, 0.05) is 18.0 Å². The third-order valence-electron chi connectivity index (χ3n) is 3.44. The molecule has 0 bridgehead atoms. The first-order chi connectivity index (χ1) is 10.4. The molecule has 118 valence electrons. The second kappa shape index (κ2) is 8.07. The van der Waals surface area contributed by atoms with Crippen molar-refractivity contribution in [2.24, 2.45) is 0 Å². The Morgan fingerprint density at radius 3 is 2.50 bits per heavy atom. The second-order valence-electron chi connectivity index (χ2n) is 5.21. The van der Waals surface area contributed by atoms with Crippen molar-refractivity contribution in [3.05, 3.63) is 34.9 Å². The zero-order valence-corrected chi connectivity index (χ0v) is 13.0. The van der Waals surface area contributed by atoms with Gasteiger partial charge in [0.15, 0.2) is 0 Å². The van der Waals surface area contributed by atoms with E-state index in [9.17, 15) is 19.2 Å². The smallest absolute Gasteiger partial charge is 0.260 e. The van der Waals surface area contributed by atoms with E-state index in [-0.39, 0.29) is 12.8 Å². The monoisotopic (exact) mass is 304 g/mol. The molecular weight excluding hydrogens is 284 g/mol. The highest BCUT2D eigenvalue weighted by molar-refractivity contribution is 6.01. The van der Waals surface area contributed by atoms with Crippen LogP contribution >= 0.6 is 0 Å². The van der Waals surface area contributed by atoms with Crippen LogP contribution in [0.4, 0.5) is 0 Å². The third kappa shape index (κ3) is 4.51. The van der Waals surface area contributed by atoms with E-state index in [1.165, 1.54) is 0 Å². The lowest BCUT2D eigenvalue weighted by molar-refractivity contribution is -0.126. The quantitative estimate of drug-likeness (QED) is 0.771. The summed E-state index contributed by atoms with van der Waals surface area (Å²) >= 11 is 0. The predicted octanol–water partition coefficient (Wildman–Crippen LogP) is 1.34. The molecule has 0 aliphatic carbocycles. The van der Waals surface area contributed by atoms with Crippen molar-refractivity contribution in [2.75, 3.05) is 0 Å². The van der Waals surface area contributed by atoms with E-state index in [1.807, 2.05) is 31.3 Å². The lowest BCUT2D eigenvalue weighted by atomic mass is 10.0. The van der Waals surface area contributed by atoms with Gasteiger partial charge < -0.3 is 0 Å². The molecule has 0 saturated heterocycles. The largest absolute Gasteiger partial charge is 0.299 e. The molecule has 1 rings (SSSR count). The van der Waals surface area contributed by atoms with Crippen molar-refractivity contribution in [1.29, 1.82) is 0 Å². The predicted molar refractivity (Wildman–Crippen MR) is 81.1 cm³/mol. The summed E-state index contributed by atoms with van der Waals surface area (Å²) in [5, 5.41) is 2.02. The van der Waals surface area contributed by atoms with E-state index in [1.54, 1.807) is 13.0 Å². The molecule has 6 nitrogen and oxygen atoms in total. The molecule has 0 heterocycles. The Bertz CT molecular complexity index is 584. The summed E-state index contributed by atoms with van der Waals surface area (Å²) in [6.07, 6.45) is 1.13. The van der Waals surface area contributed by atoms with E-state index < -0.39 is 17.9 Å². The maximum absolute atomic E-state index is 12.5. The first-order valence-corrected chi connectivity index (χ1v) is 6.99. The molecule has 1 unspecified atom stereocenters. The van der Waals surface area contributed by atoms with E-state index in [4.69, 9.17) is 0 Å². The minimum absolute atomic E-state index is 0.0599. The van der Waals surface area contributed by atoms with Crippen molar-refractivity contribution in [3.8, 4) is 0 Å². The normalized spacial score (nSPS) is 11.4. The number of carbonyl (C=O) groups is 4. The summed E-state index contributed by atoms with van der Waals surface area (Å²) < 4.78 is 0. The zero-order valence-electron chi connectivity index (χ0n) is 13.0. The molecule has 0 saturated carbocycles. The number of nitrogens with zero attached hydrogens (tertiary/aromatic N) is 1. The van der Waals surface area contributed by atoms with E-state index in [0.717, 1.165) is 16.0 Å². The summed E-state index contributed by atoms with van der Waals surface area (Å²) in [5.41, 5.74) is 2.29. The number of imide groups is 2. The molecule has 6 heteroatoms. The van der Waals surface area contributed by atoms with Crippen LogP contribution < -0.4 is 5.32 Å². The molecule has 0 fully saturated rings. The van der Waals surface area contributed by atoms with Crippen LogP contribution in [0.15, 0.2) is 18.2 Å². The Balaban J connectivity index is 2.81. The Hall–Kier alpha value is -2.50. The Morgan fingerprint density at radius 1 is 1.27 bits per heavy atom. The van der Waals surface area contributed by atoms with Crippen LogP contribution in [0.3, 0.4) is 0 Å². The van der Waals surface area contributed by atoms with Crippen LogP contribution in [-0.2, 0) is 14.4 Å². The number of benzene rings is 1. The minimum atomic E-state index is -0.442. The average molecular weight is 304 g/mol. The van der Waals surface area contributed by atoms with Crippen LogP contribution in [0.1, 0.15) is 41.3 Å². The molecular formula is C16H20N2O4. The number of aryl methyl sites for hydroxylation is 2. The van der Waals surface area contributed by atoms with Gasteiger partial charge in [-0.2, -0.15) is 0 Å². The number of hydrogen-bond acceptors (Lipinski definition) is 4. The number of carbonyl (C=O) groups excluding carboxylic acids is 4. The van der Waals surface area contributed by atoms with Gasteiger partial charge in [-0.05, 0) is 38.8 Å². The topological polar surface area (TPSA) is 83.6 Å². The van der Waals surface area contributed by atoms with Crippen molar-refractivity contribution in [2.45, 2.75) is 39.7 Å². The van der Waals surface area contributed by atoms with Crippen molar-refractivity contribution >= 4 is 24.6 Å². The van der Waals surface area contributed by atoms with Gasteiger partial charge in [0.1, 0.15) is 0 Å². The fraction of sp³-hybridized carbons (Fsp3) is 0.375. The maximum Gasteiger partial charge on any atom is 0.260 e. The molecule has 22 heavy (non-hydrogen) atoms. The molecule has 4 amide bonds. The molecule has 1 aromatic carbocycles. The lowest BCUT2D eigenvalue weighted by Gasteiger charge is -2.23. The molecule has 0 spiro atoms. The Labute approximate surface area is 129 Å². The standard InChI is InChI=1S/C16H20N2O4/c1-11-4-6-14(12(2)8-11)16(22)18(10-20)13(3)5-7-15(21)17-9-19/h4,6,8-10,13H,5,7H2,1-3H3,(H,17,19,21). The van der Waals surface area contributed by atoms with Crippen LogP contribution in [0, 0.1) is 13.8 Å². The molecule has 1 N–H and O–H groups in total. The number of rotatable bonds is 7. The van der Waals surface area contributed by atoms with Crippen LogP contribution in [0.5, 0.6) is 0 Å². The van der Waals surface area contributed by atoms with Crippen molar-refractivity contribution < 1.29 is 19.2 Å². The highest BCUT2D eigenvalue weighted by Crippen LogP contribution is 2.15. The molecule has 1 atom stereocenters. The maximum atomic E-state index is 12.5. The second-order valence-corrected chi connectivity index (χ2v) is 5.21. The molecule has 0 radical (unpaired) electrons. The Morgan fingerprint density at radius 2 is 1.95 bits per heavy atom. The number of nitrogens with one attached hydrogen (secondary N) is 1. The first-order valence-electron chi connectivity index (χ1n) is 6.99. The fourth-order valence-electron chi connectivity index (χ4n) is 2.16.